The van der Waals surface area contributed by atoms with E-state index in [0.29, 0.717) is 21.8 Å². The molecule has 3 rings (SSSR count). The number of nitrogens with one attached hydrogen (secondary N) is 1. The summed E-state index contributed by atoms with van der Waals surface area (Å²) in [6.45, 7) is 4.87. The van der Waals surface area contributed by atoms with Crippen LogP contribution in [0.5, 0.6) is 0 Å². The molecule has 0 saturated carbocycles. The maximum atomic E-state index is 13.5. The second kappa shape index (κ2) is 9.71. The normalized spacial score (nSPS) is 12.3. The molecule has 3 aromatic rings. The van der Waals surface area contributed by atoms with Crippen molar-refractivity contribution in [2.45, 2.75) is 31.7 Å². The minimum absolute atomic E-state index is 0.0712. The van der Waals surface area contributed by atoms with Crippen molar-refractivity contribution in [2.75, 3.05) is 10.8 Å². The van der Waals surface area contributed by atoms with Crippen LogP contribution in [0.2, 0.25) is 5.02 Å². The maximum absolute atomic E-state index is 13.5. The number of halogens is 2. The molecule has 0 saturated heterocycles. The Morgan fingerprint density at radius 2 is 1.66 bits per heavy atom. The zero-order chi connectivity index (χ0) is 23.5. The van der Waals surface area contributed by atoms with Crippen LogP contribution in [0.1, 0.15) is 29.7 Å². The monoisotopic (exact) mass is 474 g/mol. The van der Waals surface area contributed by atoms with Crippen LogP contribution in [0, 0.1) is 19.7 Å². The van der Waals surface area contributed by atoms with Gasteiger partial charge in [0.1, 0.15) is 12.4 Å². The van der Waals surface area contributed by atoms with Crippen molar-refractivity contribution >= 4 is 33.2 Å². The van der Waals surface area contributed by atoms with Crippen LogP contribution in [-0.4, -0.2) is 20.9 Å². The van der Waals surface area contributed by atoms with E-state index < -0.39 is 28.5 Å². The van der Waals surface area contributed by atoms with Gasteiger partial charge in [-0.15, -0.1) is 0 Å². The average Bonchev–Trinajstić information content (AvgIpc) is 2.75. The molecule has 0 radical (unpaired) electrons. The fraction of sp³-hybridized carbons (Fsp3) is 0.208. The molecular formula is C24H24ClFN2O3S. The summed E-state index contributed by atoms with van der Waals surface area (Å²) >= 11 is 6.24. The molecule has 5 nitrogen and oxygen atoms in total. The molecule has 1 unspecified atom stereocenters. The lowest BCUT2D eigenvalue weighted by Gasteiger charge is -2.27. The third-order valence-corrected chi connectivity index (χ3v) is 7.33. The van der Waals surface area contributed by atoms with Crippen LogP contribution >= 0.6 is 11.6 Å². The number of rotatable bonds is 7. The van der Waals surface area contributed by atoms with Crippen LogP contribution in [0.3, 0.4) is 0 Å². The third kappa shape index (κ3) is 5.29. The fourth-order valence-electron chi connectivity index (χ4n) is 3.26. The van der Waals surface area contributed by atoms with Crippen LogP contribution in [-0.2, 0) is 14.8 Å². The molecule has 1 amide bonds. The number of anilines is 1. The molecule has 0 aliphatic rings. The lowest BCUT2D eigenvalue weighted by Crippen LogP contribution is -2.42. The average molecular weight is 475 g/mol. The summed E-state index contributed by atoms with van der Waals surface area (Å²) in [5.41, 5.74) is 2.49. The van der Waals surface area contributed by atoms with Crippen LogP contribution in [0.4, 0.5) is 10.1 Å². The number of carbonyl (C=O) groups excluding carboxylic acids is 1. The number of aryl methyl sites for hydroxylation is 1. The highest BCUT2D eigenvalue weighted by Crippen LogP contribution is 2.31. The molecule has 1 atom stereocenters. The standard InChI is InChI=1S/C24H24ClFN2O3S/c1-16-7-13-21(14-8-16)32(30,31)28(23-6-4-5-22(25)17(23)2)15-24(29)27-18(3)19-9-11-20(26)12-10-19/h4-14,18H,15H2,1-3H3,(H,27,29). The Kier molecular flexibility index (Phi) is 7.21. The first-order chi connectivity index (χ1) is 15.1. The van der Waals surface area contributed by atoms with Gasteiger partial charge in [-0.1, -0.05) is 47.5 Å². The summed E-state index contributed by atoms with van der Waals surface area (Å²) in [7, 11) is -4.05. The van der Waals surface area contributed by atoms with E-state index in [1.807, 2.05) is 6.92 Å². The Balaban J connectivity index is 1.94. The van der Waals surface area contributed by atoms with Gasteiger partial charge in [0.15, 0.2) is 0 Å². The van der Waals surface area contributed by atoms with Gasteiger partial charge in [-0.3, -0.25) is 9.10 Å². The van der Waals surface area contributed by atoms with Gasteiger partial charge in [-0.05, 0) is 68.3 Å². The van der Waals surface area contributed by atoms with Crippen molar-refractivity contribution < 1.29 is 17.6 Å². The molecule has 1 N–H and O–H groups in total. The lowest BCUT2D eigenvalue weighted by atomic mass is 10.1. The Morgan fingerprint density at radius 1 is 1.03 bits per heavy atom. The van der Waals surface area contributed by atoms with Gasteiger partial charge in [0.25, 0.3) is 10.0 Å². The molecule has 0 aliphatic heterocycles. The van der Waals surface area contributed by atoms with Crippen LogP contribution < -0.4 is 9.62 Å². The van der Waals surface area contributed by atoms with E-state index in [0.717, 1.165) is 9.87 Å². The number of hydrogen-bond donors (Lipinski definition) is 1. The zero-order valence-corrected chi connectivity index (χ0v) is 19.5. The van der Waals surface area contributed by atoms with Crippen molar-refractivity contribution in [1.29, 1.82) is 0 Å². The molecule has 0 aromatic heterocycles. The van der Waals surface area contributed by atoms with Gasteiger partial charge in [-0.2, -0.15) is 0 Å². The summed E-state index contributed by atoms with van der Waals surface area (Å²) in [5.74, 6) is -0.879. The minimum atomic E-state index is -4.05. The number of hydrogen-bond acceptors (Lipinski definition) is 3. The van der Waals surface area contributed by atoms with Gasteiger partial charge in [0.05, 0.1) is 16.6 Å². The maximum Gasteiger partial charge on any atom is 0.264 e. The number of sulfonamides is 1. The van der Waals surface area contributed by atoms with Crippen molar-refractivity contribution in [3.63, 3.8) is 0 Å². The van der Waals surface area contributed by atoms with Gasteiger partial charge in [0.2, 0.25) is 5.91 Å². The highest BCUT2D eigenvalue weighted by molar-refractivity contribution is 7.92. The van der Waals surface area contributed by atoms with E-state index in [1.54, 1.807) is 56.3 Å². The summed E-state index contributed by atoms with van der Waals surface area (Å²) in [6, 6.07) is 16.7. The predicted octanol–water partition coefficient (Wildman–Crippen LogP) is 5.17. The Bertz CT molecular complexity index is 1210. The highest BCUT2D eigenvalue weighted by atomic mass is 35.5. The molecule has 32 heavy (non-hydrogen) atoms. The first-order valence-electron chi connectivity index (χ1n) is 9.99. The van der Waals surface area contributed by atoms with Gasteiger partial charge < -0.3 is 5.32 Å². The molecule has 0 heterocycles. The lowest BCUT2D eigenvalue weighted by molar-refractivity contribution is -0.120. The smallest absolute Gasteiger partial charge is 0.264 e. The summed E-state index contributed by atoms with van der Waals surface area (Å²) in [5, 5.41) is 3.18. The third-order valence-electron chi connectivity index (χ3n) is 5.15. The molecule has 8 heteroatoms. The molecule has 0 aliphatic carbocycles. The second-order valence-electron chi connectivity index (χ2n) is 7.55. The van der Waals surface area contributed by atoms with E-state index in [1.165, 1.54) is 24.3 Å². The van der Waals surface area contributed by atoms with Gasteiger partial charge >= 0.3 is 0 Å². The first-order valence-corrected chi connectivity index (χ1v) is 11.8. The van der Waals surface area contributed by atoms with Gasteiger partial charge in [0, 0.05) is 5.02 Å². The molecule has 3 aromatic carbocycles. The number of benzene rings is 3. The van der Waals surface area contributed by atoms with E-state index >= 15 is 0 Å². The molecule has 168 valence electrons. The molecule has 0 fully saturated rings. The van der Waals surface area contributed by atoms with E-state index in [2.05, 4.69) is 5.32 Å². The van der Waals surface area contributed by atoms with E-state index in [-0.39, 0.29) is 10.7 Å². The Hall–Kier alpha value is -2.90. The van der Waals surface area contributed by atoms with Crippen LogP contribution in [0.15, 0.2) is 71.6 Å². The Labute approximate surface area is 192 Å². The van der Waals surface area contributed by atoms with Crippen molar-refractivity contribution in [3.05, 3.63) is 94.3 Å². The predicted molar refractivity (Wildman–Crippen MR) is 125 cm³/mol. The van der Waals surface area contributed by atoms with Crippen molar-refractivity contribution in [1.82, 2.24) is 5.32 Å². The van der Waals surface area contributed by atoms with E-state index in [9.17, 15) is 17.6 Å². The number of nitrogens with zero attached hydrogens (tertiary/aromatic N) is 1. The zero-order valence-electron chi connectivity index (χ0n) is 18.0. The number of amides is 1. The minimum Gasteiger partial charge on any atom is -0.348 e. The SMILES string of the molecule is Cc1ccc(S(=O)(=O)N(CC(=O)NC(C)c2ccc(F)cc2)c2cccc(Cl)c2C)cc1. The largest absolute Gasteiger partial charge is 0.348 e. The highest BCUT2D eigenvalue weighted by Gasteiger charge is 2.29. The molecule has 0 bridgehead atoms. The van der Waals surface area contributed by atoms with Crippen molar-refractivity contribution in [2.24, 2.45) is 0 Å². The Morgan fingerprint density at radius 3 is 2.28 bits per heavy atom. The quantitative estimate of drug-likeness (QED) is 0.513. The molecular weight excluding hydrogens is 451 g/mol. The number of carbonyl (C=O) groups is 1. The first kappa shape index (κ1) is 23.8. The van der Waals surface area contributed by atoms with Crippen molar-refractivity contribution in [3.8, 4) is 0 Å². The molecule has 0 spiro atoms. The van der Waals surface area contributed by atoms with E-state index in [4.69, 9.17) is 11.6 Å². The topological polar surface area (TPSA) is 66.5 Å². The summed E-state index contributed by atoms with van der Waals surface area (Å²) in [4.78, 5) is 13.0. The summed E-state index contributed by atoms with van der Waals surface area (Å²) in [6.07, 6.45) is 0. The fourth-order valence-corrected chi connectivity index (χ4v) is 4.90. The van der Waals surface area contributed by atoms with Gasteiger partial charge in [-0.25, -0.2) is 12.8 Å². The van der Waals surface area contributed by atoms with Crippen LogP contribution in [0.25, 0.3) is 0 Å². The second-order valence-corrected chi connectivity index (χ2v) is 9.82. The summed E-state index contributed by atoms with van der Waals surface area (Å²) < 4.78 is 41.2.